The van der Waals surface area contributed by atoms with Crippen LogP contribution in [0.3, 0.4) is 0 Å². The summed E-state index contributed by atoms with van der Waals surface area (Å²) in [6.45, 7) is 14.9. The summed E-state index contributed by atoms with van der Waals surface area (Å²) in [4.78, 5) is 0. The fourth-order valence-electron chi connectivity index (χ4n) is 2.96. The summed E-state index contributed by atoms with van der Waals surface area (Å²) in [5, 5.41) is 0. The quantitative estimate of drug-likeness (QED) is 0.498. The lowest BCUT2D eigenvalue weighted by atomic mass is 9.91. The highest BCUT2D eigenvalue weighted by Gasteiger charge is 2.28. The molecule has 0 N–H and O–H groups in total. The molecule has 0 aliphatic carbocycles. The van der Waals surface area contributed by atoms with E-state index in [1.54, 1.807) is 0 Å². The van der Waals surface area contributed by atoms with E-state index in [1.165, 1.54) is 37.7 Å². The van der Waals surface area contributed by atoms with E-state index in [2.05, 4.69) is 40.0 Å². The Labute approximate surface area is 120 Å². The molecule has 0 spiro atoms. The van der Waals surface area contributed by atoms with Crippen molar-refractivity contribution in [3.8, 4) is 0 Å². The second-order valence-corrected chi connectivity index (χ2v) is 6.38. The van der Waals surface area contributed by atoms with Gasteiger partial charge >= 0.3 is 0 Å². The molecule has 4 atom stereocenters. The first-order valence-corrected chi connectivity index (χ1v) is 8.02. The Bertz CT molecular complexity index is 281. The Balaban J connectivity index is 2.25. The van der Waals surface area contributed by atoms with Crippen LogP contribution in [-0.4, -0.2) is 12.2 Å². The van der Waals surface area contributed by atoms with Crippen LogP contribution in [-0.2, 0) is 4.74 Å². The van der Waals surface area contributed by atoms with E-state index in [0.717, 1.165) is 18.8 Å². The zero-order valence-electron chi connectivity index (χ0n) is 13.2. The predicted octanol–water partition coefficient (Wildman–Crippen LogP) is 5.52. The van der Waals surface area contributed by atoms with Gasteiger partial charge in [-0.3, -0.25) is 0 Å². The molecule has 1 nitrogen and oxygen atoms in total. The van der Waals surface area contributed by atoms with Crippen molar-refractivity contribution in [3.63, 3.8) is 0 Å². The van der Waals surface area contributed by atoms with Gasteiger partial charge in [0.2, 0.25) is 0 Å². The SMILES string of the molecule is C=C[C@H](C)C[C@H](C)CCC1O[C@@H](CCCC)CC1=C. The number of ether oxygens (including phenoxy) is 1. The van der Waals surface area contributed by atoms with Crippen LogP contribution in [0.15, 0.2) is 24.8 Å². The lowest BCUT2D eigenvalue weighted by Gasteiger charge is -2.18. The summed E-state index contributed by atoms with van der Waals surface area (Å²) in [5.41, 5.74) is 1.32. The van der Waals surface area contributed by atoms with Gasteiger partial charge in [0.25, 0.3) is 0 Å². The van der Waals surface area contributed by atoms with E-state index in [9.17, 15) is 0 Å². The van der Waals surface area contributed by atoms with Crippen LogP contribution in [0, 0.1) is 11.8 Å². The second kappa shape index (κ2) is 8.58. The van der Waals surface area contributed by atoms with Crippen molar-refractivity contribution >= 4 is 0 Å². The molecule has 110 valence electrons. The highest BCUT2D eigenvalue weighted by Crippen LogP contribution is 2.31. The van der Waals surface area contributed by atoms with E-state index in [4.69, 9.17) is 4.74 Å². The molecule has 19 heavy (non-hydrogen) atoms. The van der Waals surface area contributed by atoms with Gasteiger partial charge in [0.1, 0.15) is 0 Å². The minimum absolute atomic E-state index is 0.323. The third-order valence-electron chi connectivity index (χ3n) is 4.28. The average Bonchev–Trinajstić information content (AvgIpc) is 2.74. The molecule has 1 heterocycles. The van der Waals surface area contributed by atoms with Crippen LogP contribution < -0.4 is 0 Å². The minimum atomic E-state index is 0.323. The van der Waals surface area contributed by atoms with Gasteiger partial charge in [0.05, 0.1) is 12.2 Å². The zero-order chi connectivity index (χ0) is 14.3. The van der Waals surface area contributed by atoms with Crippen LogP contribution in [0.5, 0.6) is 0 Å². The van der Waals surface area contributed by atoms with Crippen molar-refractivity contribution in [2.75, 3.05) is 0 Å². The molecule has 0 aromatic carbocycles. The zero-order valence-corrected chi connectivity index (χ0v) is 13.2. The predicted molar refractivity (Wildman–Crippen MR) is 84.3 cm³/mol. The van der Waals surface area contributed by atoms with Crippen molar-refractivity contribution in [3.05, 3.63) is 24.8 Å². The largest absolute Gasteiger partial charge is 0.370 e. The van der Waals surface area contributed by atoms with E-state index in [1.807, 2.05) is 0 Å². The van der Waals surface area contributed by atoms with Crippen molar-refractivity contribution in [2.24, 2.45) is 11.8 Å². The second-order valence-electron chi connectivity index (χ2n) is 6.38. The summed E-state index contributed by atoms with van der Waals surface area (Å²) in [6, 6.07) is 0. The van der Waals surface area contributed by atoms with Crippen LogP contribution >= 0.6 is 0 Å². The van der Waals surface area contributed by atoms with Gasteiger partial charge in [-0.25, -0.2) is 0 Å². The molecule has 0 aromatic rings. The number of rotatable bonds is 9. The highest BCUT2D eigenvalue weighted by molar-refractivity contribution is 5.09. The summed E-state index contributed by atoms with van der Waals surface area (Å²) in [5.74, 6) is 1.37. The molecule has 1 aliphatic heterocycles. The van der Waals surface area contributed by atoms with Gasteiger partial charge in [-0.05, 0) is 49.5 Å². The molecule has 1 heteroatoms. The van der Waals surface area contributed by atoms with Gasteiger partial charge in [-0.2, -0.15) is 0 Å². The Morgan fingerprint density at radius 2 is 2.11 bits per heavy atom. The lowest BCUT2D eigenvalue weighted by Crippen LogP contribution is -2.13. The molecule has 0 aromatic heterocycles. The fourth-order valence-corrected chi connectivity index (χ4v) is 2.96. The normalized spacial score (nSPS) is 26.4. The molecular weight excluding hydrogens is 232 g/mol. The Morgan fingerprint density at radius 3 is 2.74 bits per heavy atom. The van der Waals surface area contributed by atoms with Crippen molar-refractivity contribution in [1.29, 1.82) is 0 Å². The van der Waals surface area contributed by atoms with Crippen LogP contribution in [0.2, 0.25) is 0 Å². The molecule has 0 amide bonds. The molecule has 1 saturated heterocycles. The van der Waals surface area contributed by atoms with Crippen molar-refractivity contribution < 1.29 is 4.74 Å². The molecule has 1 rings (SSSR count). The topological polar surface area (TPSA) is 9.23 Å². The Kier molecular flexibility index (Phi) is 7.45. The first kappa shape index (κ1) is 16.5. The Hall–Kier alpha value is -0.560. The third kappa shape index (κ3) is 5.95. The number of hydrogen-bond donors (Lipinski definition) is 0. The van der Waals surface area contributed by atoms with Gasteiger partial charge in [0, 0.05) is 0 Å². The third-order valence-corrected chi connectivity index (χ3v) is 4.28. The molecule has 1 unspecified atom stereocenters. The first-order valence-electron chi connectivity index (χ1n) is 8.02. The number of allylic oxidation sites excluding steroid dienone is 1. The monoisotopic (exact) mass is 264 g/mol. The van der Waals surface area contributed by atoms with Crippen LogP contribution in [0.1, 0.15) is 65.7 Å². The van der Waals surface area contributed by atoms with Crippen LogP contribution in [0.4, 0.5) is 0 Å². The lowest BCUT2D eigenvalue weighted by molar-refractivity contribution is 0.0389. The standard InChI is InChI=1S/C18H32O/c1-6-8-9-17-13-16(5)18(19-17)11-10-15(4)12-14(3)7-2/h7,14-15,17-18H,2,5-6,8-13H2,1,3-4H3/t14-,15+,17-,18?/m0/s1. The molecule has 1 aliphatic rings. The molecule has 0 saturated carbocycles. The minimum Gasteiger partial charge on any atom is -0.370 e. The first-order chi connectivity index (χ1) is 9.06. The van der Waals surface area contributed by atoms with E-state index >= 15 is 0 Å². The average molecular weight is 264 g/mol. The van der Waals surface area contributed by atoms with Gasteiger partial charge in [-0.15, -0.1) is 6.58 Å². The fraction of sp³-hybridized carbons (Fsp3) is 0.778. The number of unbranched alkanes of at least 4 members (excludes halogenated alkanes) is 1. The van der Waals surface area contributed by atoms with Crippen LogP contribution in [0.25, 0.3) is 0 Å². The summed E-state index contributed by atoms with van der Waals surface area (Å²) in [6.07, 6.45) is 11.3. The maximum absolute atomic E-state index is 6.14. The Morgan fingerprint density at radius 1 is 1.37 bits per heavy atom. The van der Waals surface area contributed by atoms with Crippen molar-refractivity contribution in [1.82, 2.24) is 0 Å². The highest BCUT2D eigenvalue weighted by atomic mass is 16.5. The van der Waals surface area contributed by atoms with Crippen molar-refractivity contribution in [2.45, 2.75) is 77.9 Å². The summed E-state index contributed by atoms with van der Waals surface area (Å²) < 4.78 is 6.14. The van der Waals surface area contributed by atoms with E-state index in [-0.39, 0.29) is 0 Å². The van der Waals surface area contributed by atoms with E-state index in [0.29, 0.717) is 18.1 Å². The van der Waals surface area contributed by atoms with E-state index < -0.39 is 0 Å². The maximum atomic E-state index is 6.14. The molecular formula is C18H32O. The molecule has 0 radical (unpaired) electrons. The smallest absolute Gasteiger partial charge is 0.0787 e. The summed E-state index contributed by atoms with van der Waals surface area (Å²) >= 11 is 0. The number of hydrogen-bond acceptors (Lipinski definition) is 1. The van der Waals surface area contributed by atoms with Gasteiger partial charge in [0.15, 0.2) is 0 Å². The summed E-state index contributed by atoms with van der Waals surface area (Å²) in [7, 11) is 0. The molecule has 0 bridgehead atoms. The van der Waals surface area contributed by atoms with Gasteiger partial charge in [-0.1, -0.05) is 46.3 Å². The maximum Gasteiger partial charge on any atom is 0.0787 e. The van der Waals surface area contributed by atoms with Gasteiger partial charge < -0.3 is 4.74 Å². The molecule has 1 fully saturated rings.